The normalized spacial score (nSPS) is 10.1. The van der Waals surface area contributed by atoms with Crippen LogP contribution in [0.4, 0.5) is 0 Å². The largest absolute Gasteiger partial charge is 0.279 e. The third-order valence-corrected chi connectivity index (χ3v) is 2.97. The zero-order valence-corrected chi connectivity index (χ0v) is 10.5. The second-order valence-corrected chi connectivity index (χ2v) is 4.20. The van der Waals surface area contributed by atoms with E-state index in [1.54, 1.807) is 12.1 Å². The highest BCUT2D eigenvalue weighted by Gasteiger charge is 2.12. The lowest BCUT2D eigenvalue weighted by Gasteiger charge is -2.06. The first-order valence-corrected chi connectivity index (χ1v) is 6.03. The molecule has 20 heavy (non-hydrogen) atoms. The predicted molar refractivity (Wildman–Crippen MR) is 72.9 cm³/mol. The molecular formula is C15H9N5. The summed E-state index contributed by atoms with van der Waals surface area (Å²) in [5, 5.41) is 17.7. The quantitative estimate of drug-likeness (QED) is 0.707. The van der Waals surface area contributed by atoms with Crippen molar-refractivity contribution in [1.82, 2.24) is 14.5 Å². The number of nitriles is 2. The molecule has 3 aromatic rings. The van der Waals surface area contributed by atoms with Crippen molar-refractivity contribution in [2.75, 3.05) is 0 Å². The average Bonchev–Trinajstić information content (AvgIpc) is 2.86. The van der Waals surface area contributed by atoms with Gasteiger partial charge in [0.05, 0.1) is 29.1 Å². The van der Waals surface area contributed by atoms with Crippen LogP contribution in [0.1, 0.15) is 11.4 Å². The summed E-state index contributed by atoms with van der Waals surface area (Å²) in [6.45, 7) is 0. The Morgan fingerprint density at radius 1 is 1.10 bits per heavy atom. The number of imidazole rings is 1. The van der Waals surface area contributed by atoms with Gasteiger partial charge in [0.25, 0.3) is 0 Å². The average molecular weight is 259 g/mol. The Morgan fingerprint density at radius 3 is 2.65 bits per heavy atom. The van der Waals surface area contributed by atoms with Crippen LogP contribution >= 0.6 is 0 Å². The highest BCUT2D eigenvalue weighted by atomic mass is 15.1. The molecule has 5 nitrogen and oxygen atoms in total. The van der Waals surface area contributed by atoms with Crippen LogP contribution in [0.3, 0.4) is 0 Å². The standard InChI is InChI=1S/C15H9N5/c16-8-7-15-19-12-3-1-2-4-13(12)20(15)14-6-5-11(9-17)10-18-14/h1-6,10H,7H2. The number of fused-ring (bicyclic) bond motifs is 1. The minimum atomic E-state index is 0.205. The molecular weight excluding hydrogens is 250 g/mol. The fourth-order valence-corrected chi connectivity index (χ4v) is 2.11. The zero-order chi connectivity index (χ0) is 13.9. The van der Waals surface area contributed by atoms with E-state index in [1.807, 2.05) is 34.9 Å². The van der Waals surface area contributed by atoms with Crippen LogP contribution in [0.5, 0.6) is 0 Å². The summed E-state index contributed by atoms with van der Waals surface area (Å²) in [7, 11) is 0. The smallest absolute Gasteiger partial charge is 0.138 e. The first kappa shape index (κ1) is 11.9. The topological polar surface area (TPSA) is 78.3 Å². The Bertz CT molecular complexity index is 847. The van der Waals surface area contributed by atoms with E-state index in [1.165, 1.54) is 6.20 Å². The number of aromatic nitrogens is 3. The van der Waals surface area contributed by atoms with E-state index in [0.717, 1.165) is 11.0 Å². The van der Waals surface area contributed by atoms with Crippen LogP contribution in [0.2, 0.25) is 0 Å². The first-order chi connectivity index (χ1) is 9.83. The van der Waals surface area contributed by atoms with Crippen LogP contribution in [-0.2, 0) is 6.42 Å². The number of nitrogens with zero attached hydrogens (tertiary/aromatic N) is 5. The van der Waals surface area contributed by atoms with Gasteiger partial charge in [-0.3, -0.25) is 4.57 Å². The number of hydrogen-bond acceptors (Lipinski definition) is 4. The first-order valence-electron chi connectivity index (χ1n) is 6.03. The molecule has 0 radical (unpaired) electrons. The molecule has 0 amide bonds. The van der Waals surface area contributed by atoms with Gasteiger partial charge in [-0.05, 0) is 24.3 Å². The van der Waals surface area contributed by atoms with Gasteiger partial charge in [-0.1, -0.05) is 12.1 Å². The molecule has 0 saturated carbocycles. The molecule has 0 unspecified atom stereocenters. The van der Waals surface area contributed by atoms with Crippen LogP contribution in [0, 0.1) is 22.7 Å². The van der Waals surface area contributed by atoms with Gasteiger partial charge in [0.15, 0.2) is 0 Å². The van der Waals surface area contributed by atoms with Crippen molar-refractivity contribution in [1.29, 1.82) is 10.5 Å². The maximum atomic E-state index is 8.93. The molecule has 1 aromatic carbocycles. The second-order valence-electron chi connectivity index (χ2n) is 4.20. The van der Waals surface area contributed by atoms with Crippen LogP contribution in [0.15, 0.2) is 42.6 Å². The summed E-state index contributed by atoms with van der Waals surface area (Å²) >= 11 is 0. The van der Waals surface area contributed by atoms with E-state index in [0.29, 0.717) is 17.2 Å². The molecule has 0 aliphatic carbocycles. The molecule has 0 fully saturated rings. The van der Waals surface area contributed by atoms with Crippen LogP contribution < -0.4 is 0 Å². The Labute approximate surface area is 115 Å². The molecule has 5 heteroatoms. The number of rotatable bonds is 2. The van der Waals surface area contributed by atoms with Gasteiger partial charge >= 0.3 is 0 Å². The van der Waals surface area contributed by atoms with E-state index >= 15 is 0 Å². The molecule has 0 atom stereocenters. The van der Waals surface area contributed by atoms with Crippen LogP contribution in [0.25, 0.3) is 16.9 Å². The van der Waals surface area contributed by atoms with E-state index in [9.17, 15) is 0 Å². The van der Waals surface area contributed by atoms with Crippen molar-refractivity contribution in [3.05, 3.63) is 54.0 Å². The summed E-state index contributed by atoms with van der Waals surface area (Å²) in [6.07, 6.45) is 1.72. The Balaban J connectivity index is 2.25. The fourth-order valence-electron chi connectivity index (χ4n) is 2.11. The molecule has 0 aliphatic rings. The van der Waals surface area contributed by atoms with Gasteiger partial charge < -0.3 is 0 Å². The molecule has 0 spiro atoms. The van der Waals surface area contributed by atoms with Crippen molar-refractivity contribution in [3.8, 4) is 18.0 Å². The summed E-state index contributed by atoms with van der Waals surface area (Å²) in [6, 6.07) is 15.3. The minimum absolute atomic E-state index is 0.205. The minimum Gasteiger partial charge on any atom is -0.279 e. The van der Waals surface area contributed by atoms with Gasteiger partial charge in [0, 0.05) is 6.20 Å². The Morgan fingerprint density at radius 2 is 1.95 bits per heavy atom. The van der Waals surface area contributed by atoms with Crippen molar-refractivity contribution in [2.45, 2.75) is 6.42 Å². The Kier molecular flexibility index (Phi) is 2.87. The van der Waals surface area contributed by atoms with Crippen molar-refractivity contribution in [3.63, 3.8) is 0 Å². The summed E-state index contributed by atoms with van der Waals surface area (Å²) in [5.41, 5.74) is 2.22. The van der Waals surface area contributed by atoms with Gasteiger partial charge in [-0.25, -0.2) is 9.97 Å². The number of hydrogen-bond donors (Lipinski definition) is 0. The van der Waals surface area contributed by atoms with Crippen molar-refractivity contribution in [2.24, 2.45) is 0 Å². The molecule has 0 saturated heterocycles. The third-order valence-electron chi connectivity index (χ3n) is 2.97. The summed E-state index contributed by atoms with van der Waals surface area (Å²) < 4.78 is 1.85. The molecule has 0 N–H and O–H groups in total. The van der Waals surface area contributed by atoms with Gasteiger partial charge in [0.1, 0.15) is 17.7 Å². The van der Waals surface area contributed by atoms with Gasteiger partial charge in [-0.15, -0.1) is 0 Å². The SMILES string of the molecule is N#CCc1nc2ccccc2n1-c1ccc(C#N)cn1. The molecule has 2 heterocycles. The predicted octanol–water partition coefficient (Wildman–Crippen LogP) is 2.36. The van der Waals surface area contributed by atoms with E-state index in [-0.39, 0.29) is 6.42 Å². The highest BCUT2D eigenvalue weighted by molar-refractivity contribution is 5.77. The van der Waals surface area contributed by atoms with Gasteiger partial charge in [0.2, 0.25) is 0 Å². The maximum absolute atomic E-state index is 8.93. The van der Waals surface area contributed by atoms with Crippen molar-refractivity contribution < 1.29 is 0 Å². The van der Waals surface area contributed by atoms with Gasteiger partial charge in [-0.2, -0.15) is 10.5 Å². The zero-order valence-electron chi connectivity index (χ0n) is 10.5. The monoisotopic (exact) mass is 259 g/mol. The van der Waals surface area contributed by atoms with E-state index in [2.05, 4.69) is 16.0 Å². The number of benzene rings is 1. The summed E-state index contributed by atoms with van der Waals surface area (Å²) in [4.78, 5) is 8.73. The Hall–Kier alpha value is -3.18. The molecule has 3 rings (SSSR count). The molecule has 94 valence electrons. The summed E-state index contributed by atoms with van der Waals surface area (Å²) in [5.74, 6) is 1.30. The molecule has 0 bridgehead atoms. The number of pyridine rings is 1. The third kappa shape index (κ3) is 1.88. The number of para-hydroxylation sites is 2. The molecule has 0 aliphatic heterocycles. The lowest BCUT2D eigenvalue weighted by Crippen LogP contribution is -2.02. The second kappa shape index (κ2) is 4.83. The molecule has 2 aromatic heterocycles. The highest BCUT2D eigenvalue weighted by Crippen LogP contribution is 2.20. The lowest BCUT2D eigenvalue weighted by atomic mass is 10.3. The van der Waals surface area contributed by atoms with Crippen molar-refractivity contribution >= 4 is 11.0 Å². The maximum Gasteiger partial charge on any atom is 0.138 e. The van der Waals surface area contributed by atoms with E-state index in [4.69, 9.17) is 10.5 Å². The lowest BCUT2D eigenvalue weighted by molar-refractivity contribution is 0.921. The van der Waals surface area contributed by atoms with E-state index < -0.39 is 0 Å². The fraction of sp³-hybridized carbons (Fsp3) is 0.0667. The van der Waals surface area contributed by atoms with Crippen LogP contribution in [-0.4, -0.2) is 14.5 Å².